The van der Waals surface area contributed by atoms with Crippen LogP contribution in [-0.2, 0) is 0 Å². The summed E-state index contributed by atoms with van der Waals surface area (Å²) < 4.78 is 12.1. The lowest BCUT2D eigenvalue weighted by Gasteiger charge is -2.07. The molecular weight excluding hydrogens is 406 g/mol. The Morgan fingerprint density at radius 2 is 1.62 bits per heavy atom. The zero-order valence-electron chi connectivity index (χ0n) is 17.6. The summed E-state index contributed by atoms with van der Waals surface area (Å²) in [5, 5.41) is 8.44. The molecule has 0 unspecified atom stereocenters. The van der Waals surface area contributed by atoms with Gasteiger partial charge in [-0.05, 0) is 35.9 Å². The lowest BCUT2D eigenvalue weighted by Crippen LogP contribution is -2.19. The number of carbonyl (C=O) groups excluding carboxylic acids is 1. The first-order valence-corrected chi connectivity index (χ1v) is 9.83. The smallest absolute Gasteiger partial charge is 0.311 e. The van der Waals surface area contributed by atoms with Crippen molar-refractivity contribution in [1.82, 2.24) is 20.2 Å². The lowest BCUT2D eigenvalue weighted by atomic mass is 10.2. The molecule has 0 aliphatic carbocycles. The first-order valence-electron chi connectivity index (χ1n) is 9.83. The molecule has 0 saturated heterocycles. The van der Waals surface area contributed by atoms with Crippen LogP contribution in [0.4, 0.5) is 0 Å². The van der Waals surface area contributed by atoms with Crippen LogP contribution in [-0.4, -0.2) is 41.1 Å². The maximum Gasteiger partial charge on any atom is 0.311 e. The van der Waals surface area contributed by atoms with Crippen LogP contribution in [0.25, 0.3) is 17.1 Å². The molecule has 32 heavy (non-hydrogen) atoms. The average molecular weight is 427 g/mol. The second-order valence-electron chi connectivity index (χ2n) is 6.69. The van der Waals surface area contributed by atoms with E-state index in [1.54, 1.807) is 37.1 Å². The number of nitrogens with zero attached hydrogens (tertiary/aromatic N) is 4. The summed E-state index contributed by atoms with van der Waals surface area (Å²) in [4.78, 5) is 17.1. The summed E-state index contributed by atoms with van der Waals surface area (Å²) in [6.07, 6.45) is 1.51. The van der Waals surface area contributed by atoms with Gasteiger partial charge in [-0.1, -0.05) is 48.5 Å². The highest BCUT2D eigenvalue weighted by atomic mass is 16.5. The molecule has 1 N–H and O–H groups in total. The third-order valence-corrected chi connectivity index (χ3v) is 4.63. The van der Waals surface area contributed by atoms with Crippen LogP contribution < -0.4 is 14.9 Å². The van der Waals surface area contributed by atoms with Gasteiger partial charge in [0.15, 0.2) is 17.3 Å². The number of aromatic nitrogens is 3. The molecule has 160 valence electrons. The largest absolute Gasteiger partial charge is 0.493 e. The minimum Gasteiger partial charge on any atom is -0.493 e. The highest BCUT2D eigenvalue weighted by Crippen LogP contribution is 2.27. The fraction of sp³-hybridized carbons (Fsp3) is 0.0833. The number of amides is 1. The Hall–Kier alpha value is -4.46. The number of hydrazone groups is 1. The SMILES string of the molecule is COc1ccc(C=NNC(=O)c2nc(-c3ccccc3)n(-c3ccccc3)n2)cc1OC. The fourth-order valence-electron chi connectivity index (χ4n) is 3.08. The van der Waals surface area contributed by atoms with Gasteiger partial charge in [0, 0.05) is 5.56 Å². The van der Waals surface area contributed by atoms with Crippen molar-refractivity contribution in [2.45, 2.75) is 0 Å². The van der Waals surface area contributed by atoms with Gasteiger partial charge in [-0.15, -0.1) is 5.10 Å². The number of hydrogen-bond donors (Lipinski definition) is 1. The van der Waals surface area contributed by atoms with Crippen molar-refractivity contribution in [3.63, 3.8) is 0 Å². The molecule has 0 bridgehead atoms. The predicted molar refractivity (Wildman–Crippen MR) is 121 cm³/mol. The summed E-state index contributed by atoms with van der Waals surface area (Å²) in [5.41, 5.74) is 4.85. The Balaban J connectivity index is 1.58. The predicted octanol–water partition coefficient (Wildman–Crippen LogP) is 3.72. The average Bonchev–Trinajstić information content (AvgIpc) is 3.31. The van der Waals surface area contributed by atoms with E-state index < -0.39 is 5.91 Å². The molecule has 0 aliphatic rings. The van der Waals surface area contributed by atoms with Gasteiger partial charge >= 0.3 is 5.91 Å². The maximum absolute atomic E-state index is 12.7. The molecule has 4 aromatic rings. The van der Waals surface area contributed by atoms with E-state index in [1.165, 1.54) is 6.21 Å². The zero-order valence-corrected chi connectivity index (χ0v) is 17.6. The normalized spacial score (nSPS) is 10.8. The molecule has 1 amide bonds. The molecule has 0 aliphatic heterocycles. The van der Waals surface area contributed by atoms with Crippen LogP contribution in [0.15, 0.2) is 84.0 Å². The topological polar surface area (TPSA) is 90.6 Å². The van der Waals surface area contributed by atoms with Crippen molar-refractivity contribution in [1.29, 1.82) is 0 Å². The number of ether oxygens (including phenoxy) is 2. The highest BCUT2D eigenvalue weighted by Gasteiger charge is 2.18. The molecule has 3 aromatic carbocycles. The Morgan fingerprint density at radius 1 is 0.938 bits per heavy atom. The first kappa shape index (κ1) is 20.8. The minimum atomic E-state index is -0.520. The molecule has 0 spiro atoms. The maximum atomic E-state index is 12.7. The van der Waals surface area contributed by atoms with E-state index in [1.807, 2.05) is 60.7 Å². The number of rotatable bonds is 7. The summed E-state index contributed by atoms with van der Waals surface area (Å²) in [7, 11) is 3.12. The molecule has 0 saturated carbocycles. The summed E-state index contributed by atoms with van der Waals surface area (Å²) in [5.74, 6) is 1.23. The number of carbonyl (C=O) groups is 1. The van der Waals surface area contributed by atoms with Crippen molar-refractivity contribution in [2.75, 3.05) is 14.2 Å². The number of para-hydroxylation sites is 1. The molecule has 0 fully saturated rings. The van der Waals surface area contributed by atoms with Gasteiger partial charge in [-0.25, -0.2) is 15.1 Å². The zero-order chi connectivity index (χ0) is 22.3. The van der Waals surface area contributed by atoms with E-state index in [0.29, 0.717) is 17.3 Å². The Morgan fingerprint density at radius 3 is 2.31 bits per heavy atom. The fourth-order valence-corrected chi connectivity index (χ4v) is 3.08. The van der Waals surface area contributed by atoms with Crippen molar-refractivity contribution >= 4 is 12.1 Å². The summed E-state index contributed by atoms with van der Waals surface area (Å²) >= 11 is 0. The lowest BCUT2D eigenvalue weighted by molar-refractivity contribution is 0.0945. The van der Waals surface area contributed by atoms with Crippen molar-refractivity contribution in [3.05, 3.63) is 90.3 Å². The standard InChI is InChI=1S/C24H21N5O3/c1-31-20-14-13-17(15-21(20)32-2)16-25-27-24(30)22-26-23(18-9-5-3-6-10-18)29(28-22)19-11-7-4-8-12-19/h3-16H,1-2H3,(H,27,30). The Labute approximate surface area is 185 Å². The molecule has 0 radical (unpaired) electrons. The van der Waals surface area contributed by atoms with Crippen LogP contribution in [0.3, 0.4) is 0 Å². The van der Waals surface area contributed by atoms with Gasteiger partial charge in [0.25, 0.3) is 0 Å². The van der Waals surface area contributed by atoms with Gasteiger partial charge < -0.3 is 9.47 Å². The van der Waals surface area contributed by atoms with Crippen LogP contribution in [0, 0.1) is 0 Å². The highest BCUT2D eigenvalue weighted by molar-refractivity contribution is 5.92. The van der Waals surface area contributed by atoms with E-state index >= 15 is 0 Å². The molecule has 8 heteroatoms. The third kappa shape index (κ3) is 4.49. The Kier molecular flexibility index (Phi) is 6.22. The second kappa shape index (κ2) is 9.57. The summed E-state index contributed by atoms with van der Waals surface area (Å²) in [6.45, 7) is 0. The number of hydrogen-bond acceptors (Lipinski definition) is 6. The van der Waals surface area contributed by atoms with Crippen LogP contribution in [0.2, 0.25) is 0 Å². The monoisotopic (exact) mass is 427 g/mol. The quantitative estimate of drug-likeness (QED) is 0.359. The van der Waals surface area contributed by atoms with E-state index in [2.05, 4.69) is 20.6 Å². The van der Waals surface area contributed by atoms with Gasteiger partial charge in [0.05, 0.1) is 26.1 Å². The van der Waals surface area contributed by atoms with Gasteiger partial charge in [-0.2, -0.15) is 5.10 Å². The van der Waals surface area contributed by atoms with Crippen molar-refractivity contribution in [2.24, 2.45) is 5.10 Å². The molecular formula is C24H21N5O3. The minimum absolute atomic E-state index is 0.0113. The van der Waals surface area contributed by atoms with Crippen LogP contribution in [0.5, 0.6) is 11.5 Å². The molecule has 0 atom stereocenters. The number of nitrogens with one attached hydrogen (secondary N) is 1. The Bertz CT molecular complexity index is 1180. The number of methoxy groups -OCH3 is 2. The third-order valence-electron chi connectivity index (χ3n) is 4.63. The van der Waals surface area contributed by atoms with E-state index in [4.69, 9.17) is 9.47 Å². The molecule has 4 rings (SSSR count). The van der Waals surface area contributed by atoms with Gasteiger partial charge in [-0.3, -0.25) is 4.79 Å². The van der Waals surface area contributed by atoms with Crippen molar-refractivity contribution < 1.29 is 14.3 Å². The van der Waals surface area contributed by atoms with E-state index in [9.17, 15) is 4.79 Å². The van der Waals surface area contributed by atoms with Crippen LogP contribution in [0.1, 0.15) is 16.2 Å². The molecule has 1 heterocycles. The van der Waals surface area contributed by atoms with E-state index in [-0.39, 0.29) is 5.82 Å². The molecule has 1 aromatic heterocycles. The second-order valence-corrected chi connectivity index (χ2v) is 6.69. The first-order chi connectivity index (χ1) is 15.7. The van der Waals surface area contributed by atoms with E-state index in [0.717, 1.165) is 16.8 Å². The number of benzene rings is 3. The molecule has 8 nitrogen and oxygen atoms in total. The summed E-state index contributed by atoms with van der Waals surface area (Å²) in [6, 6.07) is 24.4. The van der Waals surface area contributed by atoms with Gasteiger partial charge in [0.2, 0.25) is 5.82 Å². The van der Waals surface area contributed by atoms with Gasteiger partial charge in [0.1, 0.15) is 0 Å². The van der Waals surface area contributed by atoms with Crippen LogP contribution >= 0.6 is 0 Å². The van der Waals surface area contributed by atoms with Crippen molar-refractivity contribution in [3.8, 4) is 28.6 Å².